The summed E-state index contributed by atoms with van der Waals surface area (Å²) in [4.78, 5) is 0. The second kappa shape index (κ2) is 12.6. The minimum Gasteiger partial charge on any atom is -0.290 e. The molecule has 125 valence electrons. The fraction of sp³-hybridized carbons (Fsp3) is 0.714. The Balaban J connectivity index is 2.07. The number of unbranched alkanes of at least 4 members (excludes halogenated alkanes) is 9. The minimum atomic E-state index is 0.224. The van der Waals surface area contributed by atoms with E-state index in [0.29, 0.717) is 5.92 Å². The molecule has 0 amide bonds. The van der Waals surface area contributed by atoms with E-state index in [0.717, 1.165) is 12.0 Å². The van der Waals surface area contributed by atoms with Crippen LogP contribution >= 0.6 is 0 Å². The molecule has 0 aliphatic heterocycles. The molecule has 0 spiro atoms. The maximum atomic E-state index is 11.9. The highest BCUT2D eigenvalue weighted by molar-refractivity contribution is 5.34. The molecule has 0 heterocycles. The molecule has 0 bridgehead atoms. The summed E-state index contributed by atoms with van der Waals surface area (Å²) in [5.41, 5.74) is 1.03. The molecule has 1 unspecified atom stereocenters. The zero-order chi connectivity index (χ0) is 16.0. The van der Waals surface area contributed by atoms with Gasteiger partial charge in [0.25, 0.3) is 0 Å². The van der Waals surface area contributed by atoms with Crippen LogP contribution in [0.15, 0.2) is 24.3 Å². The number of hydrogen-bond donors (Lipinski definition) is 0. The van der Waals surface area contributed by atoms with Crippen LogP contribution in [-0.4, -0.2) is 0 Å². The van der Waals surface area contributed by atoms with Crippen LogP contribution in [0.4, 0.5) is 0 Å². The topological polar surface area (TPSA) is 19.9 Å². The van der Waals surface area contributed by atoms with E-state index in [2.05, 4.69) is 13.8 Å². The second-order valence-corrected chi connectivity index (χ2v) is 6.61. The summed E-state index contributed by atoms with van der Waals surface area (Å²) in [7, 11) is 0. The van der Waals surface area contributed by atoms with Gasteiger partial charge in [-0.3, -0.25) is 5.11 Å². The monoisotopic (exact) mass is 303 g/mol. The first-order valence-electron chi connectivity index (χ1n) is 9.55. The van der Waals surface area contributed by atoms with Crippen LogP contribution in [0, 0.1) is 0 Å². The summed E-state index contributed by atoms with van der Waals surface area (Å²) in [6.07, 6.45) is 16.0. The van der Waals surface area contributed by atoms with E-state index in [4.69, 9.17) is 0 Å². The molecule has 1 rings (SSSR count). The highest BCUT2D eigenvalue weighted by atomic mass is 16.3. The van der Waals surface area contributed by atoms with E-state index < -0.39 is 0 Å². The lowest BCUT2D eigenvalue weighted by Crippen LogP contribution is -1.97. The lowest BCUT2D eigenvalue weighted by Gasteiger charge is -2.15. The van der Waals surface area contributed by atoms with Crippen LogP contribution in [0.25, 0.3) is 0 Å². The lowest BCUT2D eigenvalue weighted by molar-refractivity contribution is 0.344. The molecule has 1 aromatic carbocycles. The van der Waals surface area contributed by atoms with Gasteiger partial charge in [-0.15, -0.1) is 0 Å². The molecule has 1 nitrogen and oxygen atoms in total. The molecule has 0 fully saturated rings. The lowest BCUT2D eigenvalue weighted by atomic mass is 9.90. The molecule has 1 aromatic rings. The van der Waals surface area contributed by atoms with Gasteiger partial charge in [-0.2, -0.15) is 0 Å². The van der Waals surface area contributed by atoms with Gasteiger partial charge >= 0.3 is 0 Å². The SMILES string of the molecule is CCCCCCCCCCCCC(CC)c1ccccc1[O]. The molecule has 1 heteroatoms. The van der Waals surface area contributed by atoms with Crippen molar-refractivity contribution in [2.24, 2.45) is 0 Å². The molecule has 1 atom stereocenters. The Morgan fingerprint density at radius 3 is 1.86 bits per heavy atom. The maximum Gasteiger partial charge on any atom is 0.182 e. The van der Waals surface area contributed by atoms with E-state index in [1.54, 1.807) is 6.07 Å². The third-order valence-corrected chi connectivity index (χ3v) is 4.76. The van der Waals surface area contributed by atoms with Crippen molar-refractivity contribution >= 4 is 0 Å². The van der Waals surface area contributed by atoms with Crippen molar-refractivity contribution in [3.05, 3.63) is 29.8 Å². The highest BCUT2D eigenvalue weighted by Gasteiger charge is 2.13. The molecular formula is C21H35O. The van der Waals surface area contributed by atoms with Gasteiger partial charge in [0.05, 0.1) is 0 Å². The first-order valence-corrected chi connectivity index (χ1v) is 9.55. The summed E-state index contributed by atoms with van der Waals surface area (Å²) in [6.45, 7) is 4.47. The molecule has 0 N–H and O–H groups in total. The van der Waals surface area contributed by atoms with Gasteiger partial charge in [-0.1, -0.05) is 96.3 Å². The summed E-state index contributed by atoms with van der Waals surface area (Å²) in [5, 5.41) is 11.9. The molecule has 0 aliphatic carbocycles. The van der Waals surface area contributed by atoms with E-state index in [1.165, 1.54) is 70.6 Å². The van der Waals surface area contributed by atoms with E-state index >= 15 is 0 Å². The Labute approximate surface area is 138 Å². The third kappa shape index (κ3) is 7.87. The van der Waals surface area contributed by atoms with Crippen molar-refractivity contribution in [3.8, 4) is 5.75 Å². The van der Waals surface area contributed by atoms with Crippen LogP contribution in [-0.2, 0) is 5.11 Å². The van der Waals surface area contributed by atoms with E-state index in [9.17, 15) is 5.11 Å². The van der Waals surface area contributed by atoms with Gasteiger partial charge < -0.3 is 0 Å². The summed E-state index contributed by atoms with van der Waals surface area (Å²) >= 11 is 0. The van der Waals surface area contributed by atoms with Crippen LogP contribution in [0.5, 0.6) is 5.75 Å². The van der Waals surface area contributed by atoms with Crippen molar-refractivity contribution < 1.29 is 5.11 Å². The van der Waals surface area contributed by atoms with Gasteiger partial charge in [-0.25, -0.2) is 0 Å². The van der Waals surface area contributed by atoms with Gasteiger partial charge in [-0.05, 0) is 24.8 Å². The average Bonchev–Trinajstić information content (AvgIpc) is 2.54. The Hall–Kier alpha value is -0.980. The average molecular weight is 304 g/mol. The molecule has 0 aromatic heterocycles. The number of benzene rings is 1. The fourth-order valence-corrected chi connectivity index (χ4v) is 3.28. The van der Waals surface area contributed by atoms with Crippen molar-refractivity contribution in [1.29, 1.82) is 0 Å². The van der Waals surface area contributed by atoms with Crippen molar-refractivity contribution in [1.82, 2.24) is 0 Å². The summed E-state index contributed by atoms with van der Waals surface area (Å²) < 4.78 is 0. The number of para-hydroxylation sites is 1. The van der Waals surface area contributed by atoms with E-state index in [-0.39, 0.29) is 5.75 Å². The molecular weight excluding hydrogens is 268 g/mol. The number of hydrogen-bond acceptors (Lipinski definition) is 0. The van der Waals surface area contributed by atoms with Gasteiger partial charge in [0.2, 0.25) is 0 Å². The van der Waals surface area contributed by atoms with Crippen LogP contribution in [0.2, 0.25) is 0 Å². The quantitative estimate of drug-likeness (QED) is 0.334. The maximum absolute atomic E-state index is 11.9. The Bertz CT molecular complexity index is 372. The van der Waals surface area contributed by atoms with Gasteiger partial charge in [0, 0.05) is 5.56 Å². The third-order valence-electron chi connectivity index (χ3n) is 4.76. The second-order valence-electron chi connectivity index (χ2n) is 6.61. The molecule has 0 saturated carbocycles. The molecule has 0 aliphatic rings. The smallest absolute Gasteiger partial charge is 0.182 e. The molecule has 0 saturated heterocycles. The first kappa shape index (κ1) is 19.1. The molecule has 22 heavy (non-hydrogen) atoms. The van der Waals surface area contributed by atoms with E-state index in [1.807, 2.05) is 18.2 Å². The van der Waals surface area contributed by atoms with Crippen molar-refractivity contribution in [2.45, 2.75) is 96.8 Å². The van der Waals surface area contributed by atoms with Gasteiger partial charge in [0.15, 0.2) is 5.75 Å². The normalized spacial score (nSPS) is 12.5. The Morgan fingerprint density at radius 1 is 0.773 bits per heavy atom. The van der Waals surface area contributed by atoms with Crippen molar-refractivity contribution in [2.75, 3.05) is 0 Å². The highest BCUT2D eigenvalue weighted by Crippen LogP contribution is 2.32. The van der Waals surface area contributed by atoms with Crippen molar-refractivity contribution in [3.63, 3.8) is 0 Å². The molecule has 1 radical (unpaired) electrons. The standard InChI is InChI=1S/C21H35O/c1-3-5-6-7-8-9-10-11-12-13-16-19(4-2)20-17-14-15-18-21(20)22/h14-15,17-19H,3-13,16H2,1-2H3. The first-order chi connectivity index (χ1) is 10.8. The zero-order valence-electron chi connectivity index (χ0n) is 14.8. The largest absolute Gasteiger partial charge is 0.290 e. The number of rotatable bonds is 13. The van der Waals surface area contributed by atoms with Crippen LogP contribution in [0.3, 0.4) is 0 Å². The summed E-state index contributed by atoms with van der Waals surface area (Å²) in [6, 6.07) is 7.57. The summed E-state index contributed by atoms with van der Waals surface area (Å²) in [5.74, 6) is 0.684. The minimum absolute atomic E-state index is 0.224. The van der Waals surface area contributed by atoms with Gasteiger partial charge in [0.1, 0.15) is 0 Å². The van der Waals surface area contributed by atoms with Crippen LogP contribution < -0.4 is 0 Å². The Kier molecular flexibility index (Phi) is 10.9. The fourth-order valence-electron chi connectivity index (χ4n) is 3.28. The van der Waals surface area contributed by atoms with Crippen LogP contribution in [0.1, 0.15) is 102 Å². The predicted molar refractivity (Wildman–Crippen MR) is 96.1 cm³/mol. The Morgan fingerprint density at radius 2 is 1.32 bits per heavy atom. The zero-order valence-corrected chi connectivity index (χ0v) is 14.8. The predicted octanol–water partition coefficient (Wildman–Crippen LogP) is 7.64.